The van der Waals surface area contributed by atoms with Gasteiger partial charge >= 0.3 is 12.1 Å². The molecule has 4 aromatic carbocycles. The molecule has 0 unspecified atom stereocenters. The smallest absolute Gasteiger partial charge is 0.419 e. The van der Waals surface area contributed by atoms with Gasteiger partial charge in [-0.25, -0.2) is 18.6 Å². The number of alkyl halides is 3. The van der Waals surface area contributed by atoms with Gasteiger partial charge in [-0.1, -0.05) is 36.4 Å². The molecule has 5 rings (SSSR count). The summed E-state index contributed by atoms with van der Waals surface area (Å²) in [5, 5.41) is 20.1. The molecule has 5 nitrogen and oxygen atoms in total. The predicted octanol–water partition coefficient (Wildman–Crippen LogP) is 6.75. The lowest BCUT2D eigenvalue weighted by atomic mass is 9.95. The lowest BCUT2D eigenvalue weighted by Gasteiger charge is -2.17. The number of fused-ring (bicyclic) bond motifs is 3. The summed E-state index contributed by atoms with van der Waals surface area (Å²) in [7, 11) is 0. The van der Waals surface area contributed by atoms with Gasteiger partial charge in [-0.05, 0) is 35.2 Å². The number of aromatic hydroxyl groups is 1. The summed E-state index contributed by atoms with van der Waals surface area (Å²) in [5.74, 6) is -4.94. The predicted molar refractivity (Wildman–Crippen MR) is 118 cm³/mol. The Morgan fingerprint density at radius 1 is 0.971 bits per heavy atom. The number of carbonyl (C=O) groups is 1. The lowest BCUT2D eigenvalue weighted by Crippen LogP contribution is -2.13. The third-order valence-corrected chi connectivity index (χ3v) is 5.61. The van der Waals surface area contributed by atoms with Crippen LogP contribution < -0.4 is 0 Å². The van der Waals surface area contributed by atoms with Gasteiger partial charge in [0.15, 0.2) is 0 Å². The van der Waals surface area contributed by atoms with E-state index in [9.17, 15) is 32.6 Å². The van der Waals surface area contributed by atoms with Crippen molar-refractivity contribution in [2.45, 2.75) is 6.18 Å². The normalized spacial score (nSPS) is 11.9. The van der Waals surface area contributed by atoms with E-state index in [4.69, 9.17) is 0 Å². The Morgan fingerprint density at radius 2 is 1.69 bits per heavy atom. The highest BCUT2D eigenvalue weighted by molar-refractivity contribution is 6.10. The molecule has 0 aliphatic rings. The molecule has 10 heteroatoms. The van der Waals surface area contributed by atoms with Crippen LogP contribution in [0.3, 0.4) is 0 Å². The van der Waals surface area contributed by atoms with Crippen LogP contribution in [0.2, 0.25) is 0 Å². The highest BCUT2D eigenvalue weighted by atomic mass is 19.4. The van der Waals surface area contributed by atoms with Crippen molar-refractivity contribution in [1.29, 1.82) is 0 Å². The monoisotopic (exact) mass is 484 g/mol. The summed E-state index contributed by atoms with van der Waals surface area (Å²) in [6.07, 6.45) is -5.16. The zero-order valence-electron chi connectivity index (χ0n) is 17.4. The molecule has 0 fully saturated rings. The maximum absolute atomic E-state index is 15.6. The molecule has 0 saturated carbocycles. The van der Waals surface area contributed by atoms with E-state index in [0.717, 1.165) is 6.07 Å². The van der Waals surface area contributed by atoms with E-state index in [-0.39, 0.29) is 33.4 Å². The van der Waals surface area contributed by atoms with Crippen molar-refractivity contribution in [1.82, 2.24) is 9.97 Å². The number of aromatic amines is 1. The largest absolute Gasteiger partial charge is 0.507 e. The van der Waals surface area contributed by atoms with E-state index in [1.807, 2.05) is 0 Å². The Hall–Kier alpha value is -4.47. The quantitative estimate of drug-likeness (QED) is 0.247. The van der Waals surface area contributed by atoms with Gasteiger partial charge in [0, 0.05) is 5.56 Å². The summed E-state index contributed by atoms with van der Waals surface area (Å²) in [6.45, 7) is 0. The maximum Gasteiger partial charge on any atom is 0.419 e. The molecule has 0 aliphatic carbocycles. The Labute approximate surface area is 193 Å². The Kier molecular flexibility index (Phi) is 4.97. The van der Waals surface area contributed by atoms with Crippen molar-refractivity contribution in [2.75, 3.05) is 0 Å². The van der Waals surface area contributed by atoms with Crippen LogP contribution in [0.25, 0.3) is 44.3 Å². The molecular weight excluding hydrogens is 471 g/mol. The van der Waals surface area contributed by atoms with Gasteiger partial charge < -0.3 is 15.2 Å². The summed E-state index contributed by atoms with van der Waals surface area (Å²) in [4.78, 5) is 18.2. The number of carboxylic acid groups (broad SMARTS) is 1. The number of benzene rings is 4. The first-order valence-electron chi connectivity index (χ1n) is 10.1. The average molecular weight is 484 g/mol. The highest BCUT2D eigenvalue weighted by Crippen LogP contribution is 2.43. The van der Waals surface area contributed by atoms with E-state index in [1.165, 1.54) is 48.5 Å². The molecule has 5 aromatic rings. The van der Waals surface area contributed by atoms with Crippen LogP contribution in [0.1, 0.15) is 15.9 Å². The number of phenols is 1. The van der Waals surface area contributed by atoms with Gasteiger partial charge in [-0.2, -0.15) is 13.2 Å². The second kappa shape index (κ2) is 7.79. The van der Waals surface area contributed by atoms with E-state index in [0.29, 0.717) is 11.5 Å². The van der Waals surface area contributed by atoms with Crippen LogP contribution >= 0.6 is 0 Å². The minimum absolute atomic E-state index is 0.105. The number of halogens is 5. The molecule has 0 amide bonds. The lowest BCUT2D eigenvalue weighted by molar-refractivity contribution is -0.139. The summed E-state index contributed by atoms with van der Waals surface area (Å²) < 4.78 is 71.5. The Bertz CT molecular complexity index is 1640. The minimum atomic E-state index is -5.16. The minimum Gasteiger partial charge on any atom is -0.507 e. The molecule has 35 heavy (non-hydrogen) atoms. The zero-order chi connectivity index (χ0) is 25.1. The molecule has 1 heterocycles. The van der Waals surface area contributed by atoms with E-state index in [1.54, 1.807) is 0 Å². The maximum atomic E-state index is 15.6. The molecule has 0 radical (unpaired) electrons. The number of rotatable bonds is 3. The molecule has 0 saturated heterocycles. The van der Waals surface area contributed by atoms with Gasteiger partial charge in [0.25, 0.3) is 0 Å². The molecule has 0 bridgehead atoms. The fourth-order valence-electron chi connectivity index (χ4n) is 4.11. The zero-order valence-corrected chi connectivity index (χ0v) is 17.4. The van der Waals surface area contributed by atoms with Crippen LogP contribution in [0.4, 0.5) is 22.0 Å². The number of aromatic carboxylic acids is 1. The number of hydrogen-bond acceptors (Lipinski definition) is 3. The Balaban J connectivity index is 1.79. The summed E-state index contributed by atoms with van der Waals surface area (Å²) in [5.41, 5.74) is -3.19. The van der Waals surface area contributed by atoms with Crippen LogP contribution in [-0.2, 0) is 6.18 Å². The summed E-state index contributed by atoms with van der Waals surface area (Å²) in [6, 6.07) is 12.5. The van der Waals surface area contributed by atoms with E-state index in [2.05, 4.69) is 9.97 Å². The molecule has 0 aliphatic heterocycles. The molecule has 0 spiro atoms. The fraction of sp³-hybridized carbons (Fsp3) is 0.0400. The molecule has 176 valence electrons. The van der Waals surface area contributed by atoms with Crippen LogP contribution in [0.5, 0.6) is 5.75 Å². The standard InChI is InChI=1S/C25H13F5N2O3/c26-15-10-14(21(27)19(20(15)25(28,29)30)11-4-2-1-3-5-11)23-31-16-7-6-12-8-13(24(34)35)9-17(33)18(12)22(16)32-23/h1-10,33H,(H,31,32)(H,34,35). The highest BCUT2D eigenvalue weighted by Gasteiger charge is 2.40. The van der Waals surface area contributed by atoms with Crippen molar-refractivity contribution in [3.8, 4) is 28.3 Å². The van der Waals surface area contributed by atoms with Crippen molar-refractivity contribution in [3.05, 3.63) is 83.4 Å². The van der Waals surface area contributed by atoms with Gasteiger partial charge in [0.05, 0.1) is 22.0 Å². The third kappa shape index (κ3) is 3.63. The van der Waals surface area contributed by atoms with Crippen molar-refractivity contribution >= 4 is 27.8 Å². The number of hydrogen-bond donors (Lipinski definition) is 3. The van der Waals surface area contributed by atoms with Crippen molar-refractivity contribution in [2.24, 2.45) is 0 Å². The Morgan fingerprint density at radius 3 is 2.34 bits per heavy atom. The molecular formula is C25H13F5N2O3. The number of phenolic OH excluding ortho intramolecular Hbond substituents is 1. The van der Waals surface area contributed by atoms with Crippen LogP contribution in [0.15, 0.2) is 60.7 Å². The second-order valence-corrected chi connectivity index (χ2v) is 7.78. The second-order valence-electron chi connectivity index (χ2n) is 7.78. The number of imidazole rings is 1. The van der Waals surface area contributed by atoms with Crippen LogP contribution in [-0.4, -0.2) is 26.2 Å². The number of carboxylic acids is 1. The van der Waals surface area contributed by atoms with E-state index < -0.39 is 46.2 Å². The van der Waals surface area contributed by atoms with Gasteiger partial charge in [-0.15, -0.1) is 0 Å². The first-order chi connectivity index (χ1) is 16.6. The topological polar surface area (TPSA) is 86.2 Å². The van der Waals surface area contributed by atoms with Gasteiger partial charge in [-0.3, -0.25) is 0 Å². The first-order valence-corrected chi connectivity index (χ1v) is 10.1. The SMILES string of the molecule is O=C(O)c1cc(O)c2c(ccc3[nH]c(-c4cc(F)c(C(F)(F)F)c(-c5ccccc5)c4F)nc32)c1. The van der Waals surface area contributed by atoms with E-state index >= 15 is 4.39 Å². The van der Waals surface area contributed by atoms with Crippen molar-refractivity contribution in [3.63, 3.8) is 0 Å². The number of nitrogens with one attached hydrogen (secondary N) is 1. The molecule has 0 atom stereocenters. The fourth-order valence-corrected chi connectivity index (χ4v) is 4.11. The van der Waals surface area contributed by atoms with Crippen molar-refractivity contribution < 1.29 is 37.0 Å². The van der Waals surface area contributed by atoms with Gasteiger partial charge in [0.2, 0.25) is 0 Å². The average Bonchev–Trinajstić information content (AvgIpc) is 3.23. The van der Waals surface area contributed by atoms with Crippen LogP contribution in [0, 0.1) is 11.6 Å². The third-order valence-electron chi connectivity index (χ3n) is 5.61. The number of nitrogens with zero attached hydrogens (tertiary/aromatic N) is 1. The molecule has 1 aromatic heterocycles. The molecule has 3 N–H and O–H groups in total. The summed E-state index contributed by atoms with van der Waals surface area (Å²) >= 11 is 0. The number of H-pyrrole nitrogens is 1. The first kappa shape index (κ1) is 22.3. The van der Waals surface area contributed by atoms with Gasteiger partial charge in [0.1, 0.15) is 34.3 Å². The number of aromatic nitrogens is 2.